The highest BCUT2D eigenvalue weighted by atomic mass is 79.9. The fourth-order valence-electron chi connectivity index (χ4n) is 1.84. The summed E-state index contributed by atoms with van der Waals surface area (Å²) >= 11 is 6.76. The van der Waals surface area contributed by atoms with Gasteiger partial charge >= 0.3 is 0 Å². The third kappa shape index (κ3) is 4.24. The fourth-order valence-corrected chi connectivity index (χ4v) is 2.98. The molecule has 0 aromatic heterocycles. The summed E-state index contributed by atoms with van der Waals surface area (Å²) < 4.78 is 7.35. The van der Waals surface area contributed by atoms with Crippen molar-refractivity contribution < 1.29 is 14.6 Å². The van der Waals surface area contributed by atoms with Gasteiger partial charge in [0.1, 0.15) is 11.5 Å². The smallest absolute Gasteiger partial charge is 0.265 e. The molecule has 6 heteroatoms. The zero-order valence-corrected chi connectivity index (χ0v) is 15.2. The molecule has 1 atom stereocenters. The Hall–Kier alpha value is -1.53. The van der Waals surface area contributed by atoms with E-state index in [1.807, 2.05) is 19.1 Å². The van der Waals surface area contributed by atoms with Gasteiger partial charge < -0.3 is 15.2 Å². The van der Waals surface area contributed by atoms with E-state index in [4.69, 9.17) is 4.74 Å². The lowest BCUT2D eigenvalue weighted by molar-refractivity contribution is -0.122. The van der Waals surface area contributed by atoms with E-state index in [-0.39, 0.29) is 11.7 Å². The molecule has 2 aromatic carbocycles. The molecule has 0 saturated heterocycles. The summed E-state index contributed by atoms with van der Waals surface area (Å²) in [4.78, 5) is 12.2. The number of phenols is 1. The Morgan fingerprint density at radius 2 is 1.95 bits per heavy atom. The van der Waals surface area contributed by atoms with Gasteiger partial charge in [0, 0.05) is 10.2 Å². The molecule has 0 aliphatic rings. The summed E-state index contributed by atoms with van der Waals surface area (Å²) in [5.41, 5.74) is 1.43. The number of hydrogen-bond donors (Lipinski definition) is 2. The lowest BCUT2D eigenvalue weighted by atomic mass is 10.2. The first kappa shape index (κ1) is 16.8. The molecule has 0 heterocycles. The minimum atomic E-state index is -0.661. The van der Waals surface area contributed by atoms with Crippen molar-refractivity contribution >= 4 is 43.5 Å². The average Bonchev–Trinajstić information content (AvgIpc) is 2.44. The molecule has 2 rings (SSSR count). The predicted octanol–water partition coefficient (Wildman–Crippen LogP) is 4.63. The Bertz CT molecular complexity index is 704. The maximum atomic E-state index is 12.2. The van der Waals surface area contributed by atoms with Crippen molar-refractivity contribution in [2.45, 2.75) is 20.0 Å². The van der Waals surface area contributed by atoms with Crippen LogP contribution in [0.1, 0.15) is 12.5 Å². The van der Waals surface area contributed by atoms with Gasteiger partial charge in [-0.25, -0.2) is 0 Å². The summed E-state index contributed by atoms with van der Waals surface area (Å²) in [7, 11) is 0. The van der Waals surface area contributed by atoms with Gasteiger partial charge in [0.05, 0.1) is 4.47 Å². The van der Waals surface area contributed by atoms with Gasteiger partial charge in [-0.15, -0.1) is 0 Å². The standard InChI is InChI=1S/C16H15Br2NO3/c1-9-7-12(20)4-5-14(9)19-16(21)10(2)22-15-6-3-11(17)8-13(15)18/h3-8,10,20H,1-2H3,(H,19,21)/t10-/m0/s1. The second kappa shape index (κ2) is 7.15. The van der Waals surface area contributed by atoms with E-state index in [1.54, 1.807) is 25.1 Å². The Morgan fingerprint density at radius 3 is 2.59 bits per heavy atom. The maximum Gasteiger partial charge on any atom is 0.265 e. The second-order valence-electron chi connectivity index (χ2n) is 4.82. The number of phenolic OH excluding ortho intramolecular Hbond substituents is 1. The summed E-state index contributed by atoms with van der Waals surface area (Å²) in [6, 6.07) is 10.2. The molecule has 22 heavy (non-hydrogen) atoms. The molecule has 0 spiro atoms. The highest BCUT2D eigenvalue weighted by Crippen LogP contribution is 2.29. The van der Waals surface area contributed by atoms with E-state index in [9.17, 15) is 9.90 Å². The summed E-state index contributed by atoms with van der Waals surface area (Å²) in [5, 5.41) is 12.2. The summed E-state index contributed by atoms with van der Waals surface area (Å²) in [6.07, 6.45) is -0.661. The van der Waals surface area contributed by atoms with Crippen LogP contribution in [0.2, 0.25) is 0 Å². The van der Waals surface area contributed by atoms with E-state index in [0.717, 1.165) is 14.5 Å². The van der Waals surface area contributed by atoms with E-state index in [1.165, 1.54) is 6.07 Å². The third-order valence-electron chi connectivity index (χ3n) is 3.03. The number of hydrogen-bond acceptors (Lipinski definition) is 3. The normalized spacial score (nSPS) is 11.8. The van der Waals surface area contributed by atoms with Crippen molar-refractivity contribution in [3.05, 3.63) is 50.9 Å². The van der Waals surface area contributed by atoms with Gasteiger partial charge in [-0.3, -0.25) is 4.79 Å². The molecule has 2 N–H and O–H groups in total. The molecular weight excluding hydrogens is 414 g/mol. The number of rotatable bonds is 4. The Kier molecular flexibility index (Phi) is 5.47. The van der Waals surface area contributed by atoms with E-state index in [0.29, 0.717) is 11.4 Å². The Labute approximate surface area is 145 Å². The van der Waals surface area contributed by atoms with Gasteiger partial charge in [0.25, 0.3) is 5.91 Å². The van der Waals surface area contributed by atoms with Crippen LogP contribution in [0, 0.1) is 6.92 Å². The monoisotopic (exact) mass is 427 g/mol. The lowest BCUT2D eigenvalue weighted by Crippen LogP contribution is -2.30. The van der Waals surface area contributed by atoms with Crippen LogP contribution in [0.5, 0.6) is 11.5 Å². The first-order valence-corrected chi connectivity index (χ1v) is 8.17. The van der Waals surface area contributed by atoms with Crippen LogP contribution in [-0.4, -0.2) is 17.1 Å². The van der Waals surface area contributed by atoms with Crippen LogP contribution in [0.15, 0.2) is 45.3 Å². The lowest BCUT2D eigenvalue weighted by Gasteiger charge is -2.16. The molecule has 2 aromatic rings. The molecule has 0 fully saturated rings. The van der Waals surface area contributed by atoms with E-state index in [2.05, 4.69) is 37.2 Å². The highest BCUT2D eigenvalue weighted by molar-refractivity contribution is 9.11. The number of aryl methyl sites for hydroxylation is 1. The highest BCUT2D eigenvalue weighted by Gasteiger charge is 2.17. The van der Waals surface area contributed by atoms with Crippen LogP contribution < -0.4 is 10.1 Å². The molecular formula is C16H15Br2NO3. The van der Waals surface area contributed by atoms with Crippen molar-refractivity contribution in [2.24, 2.45) is 0 Å². The Balaban J connectivity index is 2.05. The molecule has 0 bridgehead atoms. The third-order valence-corrected chi connectivity index (χ3v) is 4.15. The summed E-state index contributed by atoms with van der Waals surface area (Å²) in [5.74, 6) is 0.496. The number of amides is 1. The second-order valence-corrected chi connectivity index (χ2v) is 6.59. The topological polar surface area (TPSA) is 58.6 Å². The molecule has 0 aliphatic carbocycles. The first-order chi connectivity index (χ1) is 10.4. The largest absolute Gasteiger partial charge is 0.508 e. The van der Waals surface area contributed by atoms with Crippen LogP contribution >= 0.6 is 31.9 Å². The Morgan fingerprint density at radius 1 is 1.23 bits per heavy atom. The average molecular weight is 429 g/mol. The van der Waals surface area contributed by atoms with Gasteiger partial charge in [0.2, 0.25) is 0 Å². The number of ether oxygens (including phenoxy) is 1. The van der Waals surface area contributed by atoms with Crippen LogP contribution in [0.4, 0.5) is 5.69 Å². The number of halogens is 2. The van der Waals surface area contributed by atoms with Crippen molar-refractivity contribution in [1.29, 1.82) is 0 Å². The quantitative estimate of drug-likeness (QED) is 0.697. The van der Waals surface area contributed by atoms with Crippen molar-refractivity contribution in [1.82, 2.24) is 0 Å². The number of anilines is 1. The number of nitrogens with one attached hydrogen (secondary N) is 1. The molecule has 0 radical (unpaired) electrons. The minimum Gasteiger partial charge on any atom is -0.508 e. The van der Waals surface area contributed by atoms with Crippen molar-refractivity contribution in [3.8, 4) is 11.5 Å². The molecule has 0 aliphatic heterocycles. The molecule has 0 unspecified atom stereocenters. The van der Waals surface area contributed by atoms with Crippen molar-refractivity contribution in [2.75, 3.05) is 5.32 Å². The van der Waals surface area contributed by atoms with E-state index >= 15 is 0 Å². The number of aromatic hydroxyl groups is 1. The number of benzene rings is 2. The van der Waals surface area contributed by atoms with Gasteiger partial charge in [-0.1, -0.05) is 15.9 Å². The predicted molar refractivity (Wildman–Crippen MR) is 93.4 cm³/mol. The van der Waals surface area contributed by atoms with Gasteiger partial charge in [-0.05, 0) is 71.7 Å². The number of carbonyl (C=O) groups excluding carboxylic acids is 1. The van der Waals surface area contributed by atoms with Crippen molar-refractivity contribution in [3.63, 3.8) is 0 Å². The zero-order chi connectivity index (χ0) is 16.3. The first-order valence-electron chi connectivity index (χ1n) is 6.59. The zero-order valence-electron chi connectivity index (χ0n) is 12.1. The van der Waals surface area contributed by atoms with Crippen LogP contribution in [0.3, 0.4) is 0 Å². The molecule has 116 valence electrons. The molecule has 4 nitrogen and oxygen atoms in total. The molecule has 1 amide bonds. The fraction of sp³-hybridized carbons (Fsp3) is 0.188. The van der Waals surface area contributed by atoms with Gasteiger partial charge in [-0.2, -0.15) is 0 Å². The maximum absolute atomic E-state index is 12.2. The minimum absolute atomic E-state index is 0.165. The number of carbonyl (C=O) groups is 1. The van der Waals surface area contributed by atoms with Gasteiger partial charge in [0.15, 0.2) is 6.10 Å². The summed E-state index contributed by atoms with van der Waals surface area (Å²) in [6.45, 7) is 3.49. The molecule has 0 saturated carbocycles. The SMILES string of the molecule is Cc1cc(O)ccc1NC(=O)[C@H](C)Oc1ccc(Br)cc1Br. The van der Waals surface area contributed by atoms with E-state index < -0.39 is 6.10 Å². The van der Waals surface area contributed by atoms with Crippen LogP contribution in [-0.2, 0) is 4.79 Å². The van der Waals surface area contributed by atoms with Crippen LogP contribution in [0.25, 0.3) is 0 Å².